The molecule has 0 unspecified atom stereocenters. The molecule has 0 radical (unpaired) electrons. The maximum Gasteiger partial charge on any atom is 0.254 e. The van der Waals surface area contributed by atoms with Gasteiger partial charge in [-0.3, -0.25) is 4.90 Å². The zero-order chi connectivity index (χ0) is 12.5. The van der Waals surface area contributed by atoms with E-state index in [9.17, 15) is 0 Å². The fourth-order valence-electron chi connectivity index (χ4n) is 2.34. The lowest BCUT2D eigenvalue weighted by Crippen LogP contribution is -2.48. The van der Waals surface area contributed by atoms with Gasteiger partial charge < -0.3 is 20.1 Å². The molecule has 0 saturated carbocycles. The van der Waals surface area contributed by atoms with Crippen LogP contribution in [0.4, 0.5) is 5.69 Å². The number of nitrogen functional groups attached to an aromatic ring is 1. The molecule has 1 aromatic rings. The Morgan fingerprint density at radius 3 is 2.67 bits per heavy atom. The summed E-state index contributed by atoms with van der Waals surface area (Å²) in [6.07, 6.45) is -0.204. The number of piperazine rings is 1. The number of hydrogen-bond acceptors (Lipinski definition) is 5. The number of likely N-dealkylation sites (N-methyl/N-ethyl adjacent to an activating group) is 1. The molecule has 2 N–H and O–H groups in total. The van der Waals surface area contributed by atoms with Crippen molar-refractivity contribution >= 4 is 5.69 Å². The lowest BCUT2D eigenvalue weighted by molar-refractivity contribution is 0.00381. The second kappa shape index (κ2) is 4.66. The van der Waals surface area contributed by atoms with Crippen LogP contribution in [0.15, 0.2) is 18.2 Å². The minimum absolute atomic E-state index is 0.204. The van der Waals surface area contributed by atoms with Gasteiger partial charge >= 0.3 is 0 Å². The molecule has 1 aromatic carbocycles. The van der Waals surface area contributed by atoms with Crippen LogP contribution in [0.2, 0.25) is 0 Å². The summed E-state index contributed by atoms with van der Waals surface area (Å²) in [7, 11) is 2.15. The molecule has 0 aromatic heterocycles. The monoisotopic (exact) mass is 249 g/mol. The van der Waals surface area contributed by atoms with Crippen LogP contribution in [-0.4, -0.2) is 55.9 Å². The van der Waals surface area contributed by atoms with Gasteiger partial charge in [-0.15, -0.1) is 0 Å². The Morgan fingerprint density at radius 1 is 1.17 bits per heavy atom. The highest BCUT2D eigenvalue weighted by atomic mass is 16.7. The van der Waals surface area contributed by atoms with Gasteiger partial charge in [-0.1, -0.05) is 0 Å². The highest BCUT2D eigenvalue weighted by molar-refractivity contribution is 5.53. The first-order valence-corrected chi connectivity index (χ1v) is 6.34. The van der Waals surface area contributed by atoms with Gasteiger partial charge in [-0.25, -0.2) is 0 Å². The molecule has 2 heterocycles. The molecule has 1 atom stereocenters. The number of anilines is 1. The second-order valence-corrected chi connectivity index (χ2v) is 4.98. The lowest BCUT2D eigenvalue weighted by Gasteiger charge is -2.33. The summed E-state index contributed by atoms with van der Waals surface area (Å²) in [5.74, 6) is 1.55. The molecule has 0 spiro atoms. The van der Waals surface area contributed by atoms with Gasteiger partial charge in [0.05, 0.1) is 6.54 Å². The highest BCUT2D eigenvalue weighted by Crippen LogP contribution is 2.36. The normalized spacial score (nSPS) is 24.4. The van der Waals surface area contributed by atoms with Gasteiger partial charge in [-0.2, -0.15) is 0 Å². The maximum atomic E-state index is 5.76. The standard InChI is InChI=1S/C13H19N3O2/c1-15-4-6-16(7-5-15)9-13-17-11-3-2-10(14)8-12(11)18-13/h2-3,8,13H,4-7,9,14H2,1H3/t13-/m1/s1. The Balaban J connectivity index is 1.58. The number of hydrogen-bond donors (Lipinski definition) is 1. The van der Waals surface area contributed by atoms with Gasteiger partial charge in [0.25, 0.3) is 6.29 Å². The van der Waals surface area contributed by atoms with E-state index < -0.39 is 0 Å². The molecule has 18 heavy (non-hydrogen) atoms. The Morgan fingerprint density at radius 2 is 1.89 bits per heavy atom. The fourth-order valence-corrected chi connectivity index (χ4v) is 2.34. The van der Waals surface area contributed by atoms with E-state index in [1.54, 1.807) is 0 Å². The Kier molecular flexibility index (Phi) is 3.01. The van der Waals surface area contributed by atoms with Crippen LogP contribution >= 0.6 is 0 Å². The molecule has 2 aliphatic heterocycles. The summed E-state index contributed by atoms with van der Waals surface area (Å²) in [6.45, 7) is 5.15. The quantitative estimate of drug-likeness (QED) is 0.778. The molecule has 5 nitrogen and oxygen atoms in total. The number of rotatable bonds is 2. The van der Waals surface area contributed by atoms with E-state index in [4.69, 9.17) is 15.2 Å². The first-order valence-electron chi connectivity index (χ1n) is 6.34. The predicted octanol–water partition coefficient (Wildman–Crippen LogP) is 0.613. The van der Waals surface area contributed by atoms with Crippen molar-refractivity contribution in [3.63, 3.8) is 0 Å². The molecular weight excluding hydrogens is 230 g/mol. The van der Waals surface area contributed by atoms with Crippen LogP contribution in [0.3, 0.4) is 0 Å². The number of nitrogens with zero attached hydrogens (tertiary/aromatic N) is 2. The number of benzene rings is 1. The fraction of sp³-hybridized carbons (Fsp3) is 0.538. The largest absolute Gasteiger partial charge is 0.450 e. The molecule has 98 valence electrons. The van der Waals surface area contributed by atoms with Crippen molar-refractivity contribution < 1.29 is 9.47 Å². The van der Waals surface area contributed by atoms with Crippen LogP contribution in [0.1, 0.15) is 0 Å². The smallest absolute Gasteiger partial charge is 0.254 e. The SMILES string of the molecule is CN1CCN(C[C@@H]2Oc3ccc(N)cc3O2)CC1. The molecule has 1 saturated heterocycles. The average Bonchev–Trinajstić information content (AvgIpc) is 2.73. The average molecular weight is 249 g/mol. The summed E-state index contributed by atoms with van der Waals surface area (Å²) < 4.78 is 11.5. The van der Waals surface area contributed by atoms with Crippen LogP contribution in [-0.2, 0) is 0 Å². The molecule has 2 aliphatic rings. The summed E-state index contributed by atoms with van der Waals surface area (Å²) in [4.78, 5) is 4.71. The van der Waals surface area contributed by atoms with Crippen molar-refractivity contribution in [2.75, 3.05) is 45.5 Å². The van der Waals surface area contributed by atoms with E-state index in [1.165, 1.54) is 0 Å². The zero-order valence-electron chi connectivity index (χ0n) is 10.6. The van der Waals surface area contributed by atoms with Crippen LogP contribution in [0.5, 0.6) is 11.5 Å². The minimum Gasteiger partial charge on any atom is -0.450 e. The molecular formula is C13H19N3O2. The summed E-state index contributed by atoms with van der Waals surface area (Å²) in [5.41, 5.74) is 6.43. The van der Waals surface area contributed by atoms with Crippen molar-refractivity contribution in [1.29, 1.82) is 0 Å². The van der Waals surface area contributed by atoms with Crippen molar-refractivity contribution in [2.45, 2.75) is 6.29 Å². The summed E-state index contributed by atoms with van der Waals surface area (Å²) in [5, 5.41) is 0. The molecule has 0 aliphatic carbocycles. The Bertz CT molecular complexity index is 430. The maximum absolute atomic E-state index is 5.76. The van der Waals surface area contributed by atoms with Crippen molar-refractivity contribution in [2.24, 2.45) is 0 Å². The second-order valence-electron chi connectivity index (χ2n) is 4.98. The first kappa shape index (κ1) is 11.6. The van der Waals surface area contributed by atoms with Crippen LogP contribution in [0, 0.1) is 0 Å². The van der Waals surface area contributed by atoms with Crippen LogP contribution in [0.25, 0.3) is 0 Å². The zero-order valence-corrected chi connectivity index (χ0v) is 10.6. The Hall–Kier alpha value is -1.46. The molecule has 0 bridgehead atoms. The van der Waals surface area contributed by atoms with Gasteiger partial charge in [-0.05, 0) is 19.2 Å². The third kappa shape index (κ3) is 2.37. The lowest BCUT2D eigenvalue weighted by atomic mass is 10.3. The number of fused-ring (bicyclic) bond motifs is 1. The van der Waals surface area contributed by atoms with E-state index in [0.717, 1.165) is 44.2 Å². The van der Waals surface area contributed by atoms with Gasteiger partial charge in [0.15, 0.2) is 11.5 Å². The molecule has 0 amide bonds. The van der Waals surface area contributed by atoms with Crippen molar-refractivity contribution in [1.82, 2.24) is 9.80 Å². The third-order valence-electron chi connectivity index (χ3n) is 3.49. The topological polar surface area (TPSA) is 51.0 Å². The van der Waals surface area contributed by atoms with Crippen molar-refractivity contribution in [3.8, 4) is 11.5 Å². The van der Waals surface area contributed by atoms with E-state index >= 15 is 0 Å². The van der Waals surface area contributed by atoms with E-state index in [-0.39, 0.29) is 6.29 Å². The minimum atomic E-state index is -0.204. The predicted molar refractivity (Wildman–Crippen MR) is 69.8 cm³/mol. The van der Waals surface area contributed by atoms with Gasteiger partial charge in [0.2, 0.25) is 0 Å². The van der Waals surface area contributed by atoms with E-state index in [2.05, 4.69) is 16.8 Å². The van der Waals surface area contributed by atoms with Crippen LogP contribution < -0.4 is 15.2 Å². The third-order valence-corrected chi connectivity index (χ3v) is 3.49. The molecule has 5 heteroatoms. The Labute approximate surface area is 107 Å². The number of ether oxygens (including phenoxy) is 2. The van der Waals surface area contributed by atoms with Crippen molar-refractivity contribution in [3.05, 3.63) is 18.2 Å². The van der Waals surface area contributed by atoms with E-state index in [0.29, 0.717) is 5.69 Å². The number of nitrogens with two attached hydrogens (primary N) is 1. The van der Waals surface area contributed by atoms with E-state index in [1.807, 2.05) is 18.2 Å². The first-order chi connectivity index (χ1) is 8.70. The molecule has 1 fully saturated rings. The van der Waals surface area contributed by atoms with Gasteiger partial charge in [0.1, 0.15) is 0 Å². The highest BCUT2D eigenvalue weighted by Gasteiger charge is 2.27. The molecule has 3 rings (SSSR count). The van der Waals surface area contributed by atoms with Gasteiger partial charge in [0, 0.05) is 37.9 Å². The summed E-state index contributed by atoms with van der Waals surface area (Å²) in [6, 6.07) is 5.52. The summed E-state index contributed by atoms with van der Waals surface area (Å²) >= 11 is 0.